The molecule has 0 aliphatic rings. The van der Waals surface area contributed by atoms with Crippen molar-refractivity contribution >= 4 is 34.9 Å². The summed E-state index contributed by atoms with van der Waals surface area (Å²) in [6.45, 7) is 0.573. The van der Waals surface area contributed by atoms with Crippen LogP contribution in [0.15, 0.2) is 72.9 Å². The van der Waals surface area contributed by atoms with Gasteiger partial charge in [-0.3, -0.25) is 9.48 Å². The normalized spacial score (nSPS) is 10.7. The van der Waals surface area contributed by atoms with Crippen LogP contribution in [0.5, 0.6) is 11.5 Å². The molecule has 1 N–H and O–H groups in total. The molecular formula is C25H20Cl2FN3O3. The minimum absolute atomic E-state index is 0.193. The van der Waals surface area contributed by atoms with Crippen molar-refractivity contribution in [2.75, 3.05) is 12.4 Å². The summed E-state index contributed by atoms with van der Waals surface area (Å²) in [4.78, 5) is 12.9. The van der Waals surface area contributed by atoms with E-state index in [0.717, 1.165) is 5.56 Å². The van der Waals surface area contributed by atoms with Crippen molar-refractivity contribution in [2.24, 2.45) is 0 Å². The van der Waals surface area contributed by atoms with Gasteiger partial charge in [-0.25, -0.2) is 4.39 Å². The molecule has 1 amide bonds. The van der Waals surface area contributed by atoms with Crippen LogP contribution < -0.4 is 14.8 Å². The Hall–Kier alpha value is -3.55. The summed E-state index contributed by atoms with van der Waals surface area (Å²) >= 11 is 12.2. The first-order valence-corrected chi connectivity index (χ1v) is 11.0. The van der Waals surface area contributed by atoms with Crippen LogP contribution in [0.3, 0.4) is 0 Å². The maximum Gasteiger partial charge on any atom is 0.256 e. The van der Waals surface area contributed by atoms with Crippen molar-refractivity contribution in [3.63, 3.8) is 0 Å². The second-order valence-corrected chi connectivity index (χ2v) is 8.22. The number of nitrogens with zero attached hydrogens (tertiary/aromatic N) is 2. The van der Waals surface area contributed by atoms with Crippen LogP contribution in [0.2, 0.25) is 10.0 Å². The molecule has 0 radical (unpaired) electrons. The van der Waals surface area contributed by atoms with E-state index < -0.39 is 0 Å². The molecule has 0 fully saturated rings. The lowest BCUT2D eigenvalue weighted by Crippen LogP contribution is -2.14. The lowest BCUT2D eigenvalue weighted by atomic mass is 10.1. The Kier molecular flexibility index (Phi) is 7.35. The summed E-state index contributed by atoms with van der Waals surface area (Å²) in [6, 6.07) is 18.1. The van der Waals surface area contributed by atoms with Crippen LogP contribution in [0.4, 0.5) is 10.2 Å². The second kappa shape index (κ2) is 10.6. The first kappa shape index (κ1) is 23.6. The molecule has 34 heavy (non-hydrogen) atoms. The average molecular weight is 500 g/mol. The molecule has 4 aromatic rings. The molecule has 0 atom stereocenters. The van der Waals surface area contributed by atoms with Crippen molar-refractivity contribution in [1.29, 1.82) is 0 Å². The number of carbonyl (C=O) groups is 1. The van der Waals surface area contributed by atoms with Crippen molar-refractivity contribution in [1.82, 2.24) is 9.78 Å². The number of halogens is 3. The molecule has 3 aromatic carbocycles. The van der Waals surface area contributed by atoms with Crippen LogP contribution >= 0.6 is 23.2 Å². The van der Waals surface area contributed by atoms with E-state index in [1.54, 1.807) is 72.6 Å². The summed E-state index contributed by atoms with van der Waals surface area (Å²) in [7, 11) is 1.55. The van der Waals surface area contributed by atoms with Gasteiger partial charge in [0.2, 0.25) is 0 Å². The molecular weight excluding hydrogens is 480 g/mol. The second-order valence-electron chi connectivity index (χ2n) is 7.37. The van der Waals surface area contributed by atoms with E-state index in [1.807, 2.05) is 0 Å². The fourth-order valence-electron chi connectivity index (χ4n) is 3.24. The van der Waals surface area contributed by atoms with Gasteiger partial charge in [-0.1, -0.05) is 35.3 Å². The number of carbonyl (C=O) groups excluding carboxylic acids is 1. The summed E-state index contributed by atoms with van der Waals surface area (Å²) in [5.41, 5.74) is 1.93. The van der Waals surface area contributed by atoms with E-state index in [-0.39, 0.29) is 29.2 Å². The third kappa shape index (κ3) is 5.87. The number of aromatic nitrogens is 2. The van der Waals surface area contributed by atoms with Gasteiger partial charge >= 0.3 is 0 Å². The van der Waals surface area contributed by atoms with Crippen molar-refractivity contribution in [3.8, 4) is 11.5 Å². The summed E-state index contributed by atoms with van der Waals surface area (Å²) < 4.78 is 25.9. The van der Waals surface area contributed by atoms with Crippen LogP contribution in [0, 0.1) is 5.82 Å². The van der Waals surface area contributed by atoms with Crippen LogP contribution in [0.1, 0.15) is 21.5 Å². The van der Waals surface area contributed by atoms with Crippen molar-refractivity contribution < 1.29 is 18.7 Å². The topological polar surface area (TPSA) is 65.4 Å². The minimum atomic E-state index is -0.385. The van der Waals surface area contributed by atoms with E-state index in [9.17, 15) is 9.18 Å². The standard InChI is InChI=1S/C25H20Cl2FN3O3/c1-33-23-11-4-17(12-18(23)15-34-21-9-5-19(26)6-10-21)25(32)29-24-22(27)14-31(30-24)13-16-2-7-20(28)8-3-16/h2-12,14H,13,15H2,1H3,(H,29,30,32). The van der Waals surface area contributed by atoms with E-state index in [0.29, 0.717) is 34.2 Å². The number of amides is 1. The highest BCUT2D eigenvalue weighted by Crippen LogP contribution is 2.25. The molecule has 4 rings (SSSR count). The maximum absolute atomic E-state index is 13.1. The smallest absolute Gasteiger partial charge is 0.256 e. The van der Waals surface area contributed by atoms with Gasteiger partial charge in [-0.2, -0.15) is 5.10 Å². The minimum Gasteiger partial charge on any atom is -0.496 e. The van der Waals surface area contributed by atoms with Gasteiger partial charge < -0.3 is 14.8 Å². The van der Waals surface area contributed by atoms with Crippen LogP contribution in [-0.2, 0) is 13.2 Å². The molecule has 0 saturated heterocycles. The van der Waals surface area contributed by atoms with Gasteiger partial charge in [0.05, 0.1) is 13.7 Å². The number of benzene rings is 3. The summed E-state index contributed by atoms with van der Waals surface area (Å²) in [6.07, 6.45) is 1.60. The Morgan fingerprint density at radius 1 is 1.06 bits per heavy atom. The van der Waals surface area contributed by atoms with Gasteiger partial charge in [-0.05, 0) is 60.2 Å². The summed E-state index contributed by atoms with van der Waals surface area (Å²) in [5.74, 6) is 0.757. The first-order valence-electron chi connectivity index (χ1n) is 10.3. The van der Waals surface area contributed by atoms with Crippen molar-refractivity contribution in [3.05, 3.63) is 105 Å². The van der Waals surface area contributed by atoms with Crippen LogP contribution in [-0.4, -0.2) is 22.8 Å². The Morgan fingerprint density at radius 3 is 2.50 bits per heavy atom. The maximum atomic E-state index is 13.1. The number of methoxy groups -OCH3 is 1. The molecule has 174 valence electrons. The highest BCUT2D eigenvalue weighted by molar-refractivity contribution is 6.33. The van der Waals surface area contributed by atoms with Gasteiger partial charge in [0, 0.05) is 22.3 Å². The third-order valence-electron chi connectivity index (χ3n) is 4.96. The molecule has 0 unspecified atom stereocenters. The first-order chi connectivity index (χ1) is 16.4. The number of anilines is 1. The number of ether oxygens (including phenoxy) is 2. The molecule has 1 aromatic heterocycles. The largest absolute Gasteiger partial charge is 0.496 e. The number of rotatable bonds is 8. The average Bonchev–Trinajstić information content (AvgIpc) is 3.18. The van der Waals surface area contributed by atoms with Gasteiger partial charge in [0.25, 0.3) is 5.91 Å². The highest BCUT2D eigenvalue weighted by atomic mass is 35.5. The monoisotopic (exact) mass is 499 g/mol. The third-order valence-corrected chi connectivity index (χ3v) is 5.49. The van der Waals surface area contributed by atoms with Gasteiger partial charge in [0.15, 0.2) is 5.82 Å². The lowest BCUT2D eigenvalue weighted by Gasteiger charge is -2.12. The van der Waals surface area contributed by atoms with E-state index in [1.165, 1.54) is 12.1 Å². The molecule has 0 bridgehead atoms. The Bertz CT molecular complexity index is 1290. The molecule has 0 spiro atoms. The molecule has 9 heteroatoms. The number of hydrogen-bond donors (Lipinski definition) is 1. The predicted molar refractivity (Wildman–Crippen MR) is 129 cm³/mol. The van der Waals surface area contributed by atoms with E-state index in [4.69, 9.17) is 32.7 Å². The van der Waals surface area contributed by atoms with E-state index >= 15 is 0 Å². The lowest BCUT2D eigenvalue weighted by molar-refractivity contribution is 0.102. The SMILES string of the molecule is COc1ccc(C(=O)Nc2nn(Cc3ccc(F)cc3)cc2Cl)cc1COc1ccc(Cl)cc1. The molecule has 6 nitrogen and oxygen atoms in total. The van der Waals surface area contributed by atoms with Crippen molar-refractivity contribution in [2.45, 2.75) is 13.2 Å². The Balaban J connectivity index is 1.46. The zero-order valence-corrected chi connectivity index (χ0v) is 19.6. The Morgan fingerprint density at radius 2 is 1.79 bits per heavy atom. The van der Waals surface area contributed by atoms with Crippen LogP contribution in [0.25, 0.3) is 0 Å². The zero-order chi connectivity index (χ0) is 24.1. The van der Waals surface area contributed by atoms with E-state index in [2.05, 4.69) is 10.4 Å². The zero-order valence-electron chi connectivity index (χ0n) is 18.1. The molecule has 0 saturated carbocycles. The number of hydrogen-bond acceptors (Lipinski definition) is 4. The Labute approximate surface area is 205 Å². The van der Waals surface area contributed by atoms with Gasteiger partial charge in [0.1, 0.15) is 28.9 Å². The predicted octanol–water partition coefficient (Wildman–Crippen LogP) is 6.22. The fraction of sp³-hybridized carbons (Fsp3) is 0.120. The highest BCUT2D eigenvalue weighted by Gasteiger charge is 2.15. The number of nitrogens with one attached hydrogen (secondary N) is 1. The van der Waals surface area contributed by atoms with Gasteiger partial charge in [-0.15, -0.1) is 0 Å². The quantitative estimate of drug-likeness (QED) is 0.312. The molecule has 1 heterocycles. The molecule has 0 aliphatic carbocycles. The summed E-state index contributed by atoms with van der Waals surface area (Å²) in [5, 5.41) is 7.96. The fourth-order valence-corrected chi connectivity index (χ4v) is 3.57. The molecule has 0 aliphatic heterocycles.